The molecule has 9 nitrogen and oxygen atoms in total. The smallest absolute Gasteiger partial charge is 0.342 e. The molecule has 0 atom stereocenters. The van der Waals surface area contributed by atoms with E-state index in [1.54, 1.807) is 36.5 Å². The average molecular weight is 451 g/mol. The third-order valence-electron chi connectivity index (χ3n) is 4.47. The van der Waals surface area contributed by atoms with Gasteiger partial charge in [-0.15, -0.1) is 0 Å². The molecule has 0 saturated carbocycles. The van der Waals surface area contributed by atoms with Gasteiger partial charge < -0.3 is 29.6 Å². The molecule has 172 valence electrons. The number of rotatable bonds is 10. The molecule has 0 bridgehead atoms. The maximum Gasteiger partial charge on any atom is 0.342 e. The van der Waals surface area contributed by atoms with Gasteiger partial charge in [0.25, 0.3) is 5.91 Å². The highest BCUT2D eigenvalue weighted by Crippen LogP contribution is 2.29. The maximum atomic E-state index is 12.6. The standard InChI is InChI=1S/C24H25N3O6/c1-4-32-17-9-7-16(8-10-17)26-23-19(6-5-13-25-23)24(29)33-15-22(28)27-20-12-11-18(30-2)14-21(20)31-3/h5-14H,4,15H2,1-3H3,(H,25,26)(H,27,28). The first-order valence-electron chi connectivity index (χ1n) is 10.2. The summed E-state index contributed by atoms with van der Waals surface area (Å²) in [7, 11) is 3.01. The molecule has 1 heterocycles. The van der Waals surface area contributed by atoms with Gasteiger partial charge in [0.15, 0.2) is 6.61 Å². The van der Waals surface area contributed by atoms with Crippen molar-refractivity contribution < 1.29 is 28.5 Å². The van der Waals surface area contributed by atoms with E-state index < -0.39 is 18.5 Å². The highest BCUT2D eigenvalue weighted by molar-refractivity contribution is 5.98. The lowest BCUT2D eigenvalue weighted by Gasteiger charge is -2.13. The van der Waals surface area contributed by atoms with Gasteiger partial charge >= 0.3 is 5.97 Å². The van der Waals surface area contributed by atoms with E-state index in [-0.39, 0.29) is 5.56 Å². The fourth-order valence-electron chi connectivity index (χ4n) is 2.90. The summed E-state index contributed by atoms with van der Waals surface area (Å²) >= 11 is 0. The van der Waals surface area contributed by atoms with Crippen molar-refractivity contribution in [2.45, 2.75) is 6.92 Å². The van der Waals surface area contributed by atoms with E-state index in [2.05, 4.69) is 15.6 Å². The Labute approximate surface area is 191 Å². The van der Waals surface area contributed by atoms with Crippen molar-refractivity contribution in [2.24, 2.45) is 0 Å². The molecule has 3 rings (SSSR count). The minimum atomic E-state index is -0.687. The van der Waals surface area contributed by atoms with Crippen LogP contribution in [0.15, 0.2) is 60.8 Å². The molecule has 0 unspecified atom stereocenters. The Morgan fingerprint density at radius 2 is 1.73 bits per heavy atom. The molecule has 33 heavy (non-hydrogen) atoms. The first kappa shape index (κ1) is 23.4. The van der Waals surface area contributed by atoms with Gasteiger partial charge in [0, 0.05) is 18.0 Å². The predicted octanol–water partition coefficient (Wildman–Crippen LogP) is 4.04. The molecular weight excluding hydrogens is 426 g/mol. The Hall–Kier alpha value is -4.27. The van der Waals surface area contributed by atoms with Crippen LogP contribution in [0.3, 0.4) is 0 Å². The van der Waals surface area contributed by atoms with Crippen LogP contribution in [-0.4, -0.2) is 44.3 Å². The van der Waals surface area contributed by atoms with Gasteiger partial charge in [0.1, 0.15) is 28.6 Å². The van der Waals surface area contributed by atoms with Crippen LogP contribution in [0.2, 0.25) is 0 Å². The number of nitrogens with one attached hydrogen (secondary N) is 2. The molecule has 0 fully saturated rings. The number of benzene rings is 2. The second-order valence-electron chi connectivity index (χ2n) is 6.67. The van der Waals surface area contributed by atoms with E-state index in [4.69, 9.17) is 18.9 Å². The predicted molar refractivity (Wildman–Crippen MR) is 124 cm³/mol. The second kappa shape index (κ2) is 11.4. The van der Waals surface area contributed by atoms with E-state index >= 15 is 0 Å². The number of methoxy groups -OCH3 is 2. The van der Waals surface area contributed by atoms with Crippen LogP contribution in [0.25, 0.3) is 0 Å². The number of aromatic nitrogens is 1. The molecule has 0 spiro atoms. The summed E-state index contributed by atoms with van der Waals surface area (Å²) in [4.78, 5) is 29.1. The molecule has 9 heteroatoms. The lowest BCUT2D eigenvalue weighted by Crippen LogP contribution is -2.21. The largest absolute Gasteiger partial charge is 0.497 e. The van der Waals surface area contributed by atoms with Crippen molar-refractivity contribution in [2.75, 3.05) is 38.1 Å². The molecular formula is C24H25N3O6. The number of amides is 1. The minimum Gasteiger partial charge on any atom is -0.497 e. The summed E-state index contributed by atoms with van der Waals surface area (Å²) in [6.45, 7) is 2.00. The molecule has 0 radical (unpaired) electrons. The Morgan fingerprint density at radius 3 is 2.42 bits per heavy atom. The van der Waals surface area contributed by atoms with Crippen LogP contribution in [0, 0.1) is 0 Å². The van der Waals surface area contributed by atoms with Gasteiger partial charge in [-0.25, -0.2) is 9.78 Å². The van der Waals surface area contributed by atoms with Crippen molar-refractivity contribution in [3.63, 3.8) is 0 Å². The summed E-state index contributed by atoms with van der Waals surface area (Å²) in [5, 5.41) is 5.73. The fraction of sp³-hybridized carbons (Fsp3) is 0.208. The van der Waals surface area contributed by atoms with E-state index in [0.717, 1.165) is 11.4 Å². The average Bonchev–Trinajstić information content (AvgIpc) is 2.84. The van der Waals surface area contributed by atoms with Gasteiger partial charge in [-0.05, 0) is 55.5 Å². The minimum absolute atomic E-state index is 0.196. The topological polar surface area (TPSA) is 108 Å². The number of anilines is 3. The maximum absolute atomic E-state index is 12.6. The molecule has 2 aromatic carbocycles. The third kappa shape index (κ3) is 6.36. The van der Waals surface area contributed by atoms with Crippen molar-refractivity contribution in [1.82, 2.24) is 4.98 Å². The number of ether oxygens (including phenoxy) is 4. The van der Waals surface area contributed by atoms with E-state index in [1.165, 1.54) is 14.2 Å². The van der Waals surface area contributed by atoms with Crippen LogP contribution in [0.1, 0.15) is 17.3 Å². The Balaban J connectivity index is 1.62. The zero-order valence-electron chi connectivity index (χ0n) is 18.6. The quantitative estimate of drug-likeness (QED) is 0.445. The van der Waals surface area contributed by atoms with Crippen LogP contribution in [0.5, 0.6) is 17.2 Å². The van der Waals surface area contributed by atoms with Crippen molar-refractivity contribution in [1.29, 1.82) is 0 Å². The van der Waals surface area contributed by atoms with Crippen LogP contribution in [0.4, 0.5) is 17.2 Å². The summed E-state index contributed by atoms with van der Waals surface area (Å²) in [5.41, 5.74) is 1.34. The Kier molecular flexibility index (Phi) is 8.07. The van der Waals surface area contributed by atoms with Crippen LogP contribution < -0.4 is 24.8 Å². The summed E-state index contributed by atoms with van der Waals surface area (Å²) in [5.74, 6) is 0.848. The zero-order chi connectivity index (χ0) is 23.6. The Morgan fingerprint density at radius 1 is 0.970 bits per heavy atom. The number of nitrogens with zero attached hydrogens (tertiary/aromatic N) is 1. The molecule has 0 aliphatic carbocycles. The number of carbonyl (C=O) groups excluding carboxylic acids is 2. The molecule has 1 amide bonds. The monoisotopic (exact) mass is 451 g/mol. The molecule has 0 aliphatic heterocycles. The van der Waals surface area contributed by atoms with Crippen molar-refractivity contribution in [3.8, 4) is 17.2 Å². The SMILES string of the molecule is CCOc1ccc(Nc2ncccc2C(=O)OCC(=O)Nc2ccc(OC)cc2OC)cc1. The molecule has 0 aliphatic rings. The normalized spacial score (nSPS) is 10.2. The van der Waals surface area contributed by atoms with Crippen LogP contribution >= 0.6 is 0 Å². The van der Waals surface area contributed by atoms with E-state index in [1.807, 2.05) is 31.2 Å². The lowest BCUT2D eigenvalue weighted by molar-refractivity contribution is -0.119. The fourth-order valence-corrected chi connectivity index (χ4v) is 2.90. The highest BCUT2D eigenvalue weighted by atomic mass is 16.5. The van der Waals surface area contributed by atoms with Crippen molar-refractivity contribution in [3.05, 3.63) is 66.4 Å². The number of esters is 1. The first-order valence-corrected chi connectivity index (χ1v) is 10.2. The number of hydrogen-bond donors (Lipinski definition) is 2. The number of carbonyl (C=O) groups is 2. The molecule has 3 aromatic rings. The van der Waals surface area contributed by atoms with E-state index in [0.29, 0.717) is 29.6 Å². The number of pyridine rings is 1. The molecule has 1 aromatic heterocycles. The number of hydrogen-bond acceptors (Lipinski definition) is 8. The van der Waals surface area contributed by atoms with Gasteiger partial charge in [-0.2, -0.15) is 0 Å². The summed E-state index contributed by atoms with van der Waals surface area (Å²) in [6, 6.07) is 15.4. The van der Waals surface area contributed by atoms with Crippen molar-refractivity contribution >= 4 is 29.1 Å². The molecule has 0 saturated heterocycles. The lowest BCUT2D eigenvalue weighted by atomic mass is 10.2. The zero-order valence-corrected chi connectivity index (χ0v) is 18.6. The highest BCUT2D eigenvalue weighted by Gasteiger charge is 2.17. The van der Waals surface area contributed by atoms with Crippen LogP contribution in [-0.2, 0) is 9.53 Å². The van der Waals surface area contributed by atoms with Gasteiger partial charge in [0.2, 0.25) is 0 Å². The van der Waals surface area contributed by atoms with Gasteiger partial charge in [-0.3, -0.25) is 4.79 Å². The second-order valence-corrected chi connectivity index (χ2v) is 6.67. The molecule has 2 N–H and O–H groups in total. The first-order chi connectivity index (χ1) is 16.0. The van der Waals surface area contributed by atoms with Gasteiger partial charge in [0.05, 0.1) is 26.5 Å². The van der Waals surface area contributed by atoms with Gasteiger partial charge in [-0.1, -0.05) is 0 Å². The summed E-state index contributed by atoms with van der Waals surface area (Å²) < 4.78 is 21.0. The van der Waals surface area contributed by atoms with E-state index in [9.17, 15) is 9.59 Å². The summed E-state index contributed by atoms with van der Waals surface area (Å²) in [6.07, 6.45) is 1.55. The third-order valence-corrected chi connectivity index (χ3v) is 4.47. The Bertz CT molecular complexity index is 1100.